The van der Waals surface area contributed by atoms with E-state index in [9.17, 15) is 14.7 Å². The molecular weight excluding hydrogens is 392 g/mol. The first-order valence-corrected chi connectivity index (χ1v) is 10.3. The van der Waals surface area contributed by atoms with Crippen molar-refractivity contribution in [1.29, 1.82) is 0 Å². The van der Waals surface area contributed by atoms with Gasteiger partial charge < -0.3 is 15.2 Å². The average molecular weight is 414 g/mol. The van der Waals surface area contributed by atoms with Gasteiger partial charge in [-0.05, 0) is 52.8 Å². The molecule has 0 spiro atoms. The molecule has 0 saturated heterocycles. The van der Waals surface area contributed by atoms with Crippen LogP contribution in [-0.2, 0) is 15.1 Å². The summed E-state index contributed by atoms with van der Waals surface area (Å²) in [7, 11) is 0. The van der Waals surface area contributed by atoms with Crippen LogP contribution in [0.1, 0.15) is 35.4 Å². The second-order valence-corrected chi connectivity index (χ2v) is 8.21. The number of carboxylic acids is 1. The van der Waals surface area contributed by atoms with E-state index in [2.05, 4.69) is 34.6 Å². The summed E-state index contributed by atoms with van der Waals surface area (Å²) in [6.45, 7) is 0.217. The fourth-order valence-corrected chi connectivity index (χ4v) is 4.87. The van der Waals surface area contributed by atoms with Crippen LogP contribution in [0.15, 0.2) is 73.1 Å². The smallest absolute Gasteiger partial charge is 0.407 e. The number of carboxylic acid groups (broad SMARTS) is 1. The number of nitrogens with one attached hydrogen (secondary N) is 1. The molecule has 6 nitrogen and oxygen atoms in total. The Morgan fingerprint density at radius 2 is 1.55 bits per heavy atom. The van der Waals surface area contributed by atoms with Crippen molar-refractivity contribution in [1.82, 2.24) is 10.3 Å². The molecule has 2 aliphatic carbocycles. The molecule has 2 aromatic carbocycles. The normalized spacial score (nSPS) is 21.5. The number of carbonyl (C=O) groups excluding carboxylic acids is 1. The van der Waals surface area contributed by atoms with Crippen LogP contribution in [0.25, 0.3) is 11.1 Å². The van der Waals surface area contributed by atoms with Gasteiger partial charge in [-0.25, -0.2) is 4.79 Å². The minimum atomic E-state index is -0.848. The maximum atomic E-state index is 12.8. The number of aromatic nitrogens is 1. The van der Waals surface area contributed by atoms with Crippen LogP contribution in [0.2, 0.25) is 0 Å². The minimum absolute atomic E-state index is 0.0248. The van der Waals surface area contributed by atoms with Gasteiger partial charge in [-0.2, -0.15) is 0 Å². The Morgan fingerprint density at radius 3 is 2.13 bits per heavy atom. The van der Waals surface area contributed by atoms with E-state index in [0.717, 1.165) is 16.7 Å². The van der Waals surface area contributed by atoms with Crippen LogP contribution in [0.3, 0.4) is 0 Å². The summed E-state index contributed by atoms with van der Waals surface area (Å²) in [4.78, 5) is 28.2. The van der Waals surface area contributed by atoms with Gasteiger partial charge in [-0.15, -0.1) is 0 Å². The first-order valence-electron chi connectivity index (χ1n) is 10.3. The van der Waals surface area contributed by atoms with E-state index in [1.54, 1.807) is 12.4 Å². The number of aliphatic carboxylic acids is 1. The lowest BCUT2D eigenvalue weighted by Crippen LogP contribution is -2.56. The zero-order valence-corrected chi connectivity index (χ0v) is 16.8. The predicted molar refractivity (Wildman–Crippen MR) is 114 cm³/mol. The van der Waals surface area contributed by atoms with Crippen molar-refractivity contribution in [2.24, 2.45) is 5.92 Å². The summed E-state index contributed by atoms with van der Waals surface area (Å²) in [5.41, 5.74) is 4.74. The molecule has 0 atom stereocenters. The van der Waals surface area contributed by atoms with Gasteiger partial charge >= 0.3 is 12.1 Å². The lowest BCUT2D eigenvalue weighted by Gasteiger charge is -2.46. The lowest BCUT2D eigenvalue weighted by molar-refractivity contribution is -0.148. The fraction of sp³-hybridized carbons (Fsp3) is 0.240. The molecule has 31 heavy (non-hydrogen) atoms. The van der Waals surface area contributed by atoms with Crippen LogP contribution in [0.4, 0.5) is 4.79 Å². The maximum Gasteiger partial charge on any atom is 0.407 e. The van der Waals surface area contributed by atoms with Gasteiger partial charge in [-0.1, -0.05) is 48.5 Å². The topological polar surface area (TPSA) is 88.5 Å². The molecule has 0 unspecified atom stereocenters. The number of pyridine rings is 1. The molecule has 3 aromatic rings. The first-order chi connectivity index (χ1) is 15.1. The van der Waals surface area contributed by atoms with Gasteiger partial charge in [0.05, 0.1) is 11.5 Å². The first kappa shape index (κ1) is 19.3. The van der Waals surface area contributed by atoms with E-state index in [0.29, 0.717) is 12.8 Å². The summed E-state index contributed by atoms with van der Waals surface area (Å²) in [5, 5.41) is 12.3. The van der Waals surface area contributed by atoms with Gasteiger partial charge in [0.15, 0.2) is 0 Å². The fourth-order valence-electron chi connectivity index (χ4n) is 4.87. The number of amides is 1. The highest BCUT2D eigenvalue weighted by Crippen LogP contribution is 2.46. The number of fused-ring (bicyclic) bond motifs is 3. The third-order valence-electron chi connectivity index (χ3n) is 6.46. The molecule has 2 N–H and O–H groups in total. The summed E-state index contributed by atoms with van der Waals surface area (Å²) in [6, 6.07) is 20.0. The zero-order valence-electron chi connectivity index (χ0n) is 16.8. The number of benzene rings is 2. The molecule has 6 heteroatoms. The highest BCUT2D eigenvalue weighted by Gasteiger charge is 2.50. The number of hydrogen-bond donors (Lipinski definition) is 2. The van der Waals surface area contributed by atoms with Crippen LogP contribution in [-0.4, -0.2) is 28.8 Å². The molecule has 1 amide bonds. The lowest BCUT2D eigenvalue weighted by atomic mass is 9.65. The van der Waals surface area contributed by atoms with E-state index in [4.69, 9.17) is 4.74 Å². The molecule has 156 valence electrons. The number of ether oxygens (including phenoxy) is 1. The van der Waals surface area contributed by atoms with Gasteiger partial charge in [-0.3, -0.25) is 9.78 Å². The Labute approximate surface area is 179 Å². The Morgan fingerprint density at radius 1 is 0.968 bits per heavy atom. The molecule has 0 bridgehead atoms. The molecule has 2 aliphatic rings. The molecule has 1 fully saturated rings. The van der Waals surface area contributed by atoms with E-state index in [1.165, 1.54) is 11.1 Å². The molecule has 0 aliphatic heterocycles. The summed E-state index contributed by atoms with van der Waals surface area (Å²) in [5.74, 6) is -1.36. The maximum absolute atomic E-state index is 12.8. The number of rotatable bonds is 5. The van der Waals surface area contributed by atoms with Crippen molar-refractivity contribution >= 4 is 12.1 Å². The Bertz CT molecular complexity index is 1090. The van der Waals surface area contributed by atoms with E-state index in [-0.39, 0.29) is 12.5 Å². The summed E-state index contributed by atoms with van der Waals surface area (Å²) >= 11 is 0. The molecule has 0 radical (unpaired) electrons. The van der Waals surface area contributed by atoms with Crippen molar-refractivity contribution in [3.05, 3.63) is 89.7 Å². The number of alkyl carbamates (subject to hydrolysis) is 1. The third-order valence-corrected chi connectivity index (χ3v) is 6.46. The van der Waals surface area contributed by atoms with Gasteiger partial charge in [0.25, 0.3) is 0 Å². The van der Waals surface area contributed by atoms with E-state index in [1.807, 2.05) is 36.4 Å². The quantitative estimate of drug-likeness (QED) is 0.649. The van der Waals surface area contributed by atoms with E-state index >= 15 is 0 Å². The molecule has 1 aromatic heterocycles. The van der Waals surface area contributed by atoms with Crippen molar-refractivity contribution in [3.8, 4) is 11.1 Å². The van der Waals surface area contributed by atoms with Crippen molar-refractivity contribution in [2.45, 2.75) is 24.3 Å². The standard InChI is InChI=1S/C25H22N2O4/c28-23(29)16-13-25(14-16,17-9-11-26-12-10-17)27-24(30)31-15-22-20-7-3-1-5-18(20)19-6-2-4-8-21(19)22/h1-12,16,22H,13-15H2,(H,27,30)(H,28,29). The molecule has 1 saturated carbocycles. The predicted octanol–water partition coefficient (Wildman–Crippen LogP) is 4.31. The number of hydrogen-bond acceptors (Lipinski definition) is 4. The van der Waals surface area contributed by atoms with E-state index < -0.39 is 23.5 Å². The number of nitrogens with zero attached hydrogens (tertiary/aromatic N) is 1. The molecule has 5 rings (SSSR count). The van der Waals surface area contributed by atoms with Crippen molar-refractivity contribution in [2.75, 3.05) is 6.61 Å². The summed E-state index contributed by atoms with van der Waals surface area (Å²) in [6.07, 6.45) is 3.41. The monoisotopic (exact) mass is 414 g/mol. The van der Waals surface area contributed by atoms with Crippen molar-refractivity contribution < 1.29 is 19.4 Å². The van der Waals surface area contributed by atoms with Crippen LogP contribution in [0, 0.1) is 5.92 Å². The number of carbonyl (C=O) groups is 2. The third kappa shape index (κ3) is 3.34. The van der Waals surface area contributed by atoms with Crippen LogP contribution >= 0.6 is 0 Å². The Hall–Kier alpha value is -3.67. The average Bonchev–Trinajstić information content (AvgIpc) is 3.09. The second-order valence-electron chi connectivity index (χ2n) is 8.21. The molecule has 1 heterocycles. The Balaban J connectivity index is 1.32. The minimum Gasteiger partial charge on any atom is -0.481 e. The largest absolute Gasteiger partial charge is 0.481 e. The van der Waals surface area contributed by atoms with Gasteiger partial charge in [0, 0.05) is 18.3 Å². The van der Waals surface area contributed by atoms with Gasteiger partial charge in [0.1, 0.15) is 6.61 Å². The van der Waals surface area contributed by atoms with Crippen LogP contribution in [0.5, 0.6) is 0 Å². The molecular formula is C25H22N2O4. The second kappa shape index (κ2) is 7.54. The summed E-state index contributed by atoms with van der Waals surface area (Å²) < 4.78 is 5.68. The van der Waals surface area contributed by atoms with Gasteiger partial charge in [0.2, 0.25) is 0 Å². The van der Waals surface area contributed by atoms with Crippen molar-refractivity contribution in [3.63, 3.8) is 0 Å². The Kier molecular flexibility index (Phi) is 4.70. The highest BCUT2D eigenvalue weighted by molar-refractivity contribution is 5.79. The highest BCUT2D eigenvalue weighted by atomic mass is 16.5. The zero-order chi connectivity index (χ0) is 21.4. The SMILES string of the molecule is O=C(NC1(c2ccncc2)CC(C(=O)O)C1)OCC1c2ccccc2-c2ccccc21. The van der Waals surface area contributed by atoms with Crippen LogP contribution < -0.4 is 5.32 Å².